The van der Waals surface area contributed by atoms with Gasteiger partial charge in [-0.05, 0) is 40.5 Å². The number of carbonyl (C=O) groups is 3. The molecule has 7 rings (SSSR count). The zero-order valence-electron chi connectivity index (χ0n) is 23.7. The molecule has 4 aromatic rings. The number of nitrogens with two attached hydrogens (primary N) is 1. The van der Waals surface area contributed by atoms with Crippen LogP contribution in [0.4, 0.5) is 5.69 Å². The van der Waals surface area contributed by atoms with Gasteiger partial charge in [-0.2, -0.15) is 0 Å². The second-order valence-corrected chi connectivity index (χ2v) is 11.3. The molecule has 3 aliphatic heterocycles. The molecular weight excluding hydrogens is 558 g/mol. The number of carbonyl (C=O) groups excluding carboxylic acids is 3. The fourth-order valence-electron chi connectivity index (χ4n) is 7.52. The Morgan fingerprint density at radius 1 is 0.864 bits per heavy atom. The lowest BCUT2D eigenvalue weighted by molar-refractivity contribution is -0.178. The number of nitrogens with zero attached hydrogens (tertiary/aromatic N) is 1. The van der Waals surface area contributed by atoms with E-state index in [1.807, 2.05) is 89.8 Å². The Kier molecular flexibility index (Phi) is 6.91. The maximum Gasteiger partial charge on any atom is 0.324 e. The van der Waals surface area contributed by atoms with Crippen molar-refractivity contribution in [3.05, 3.63) is 131 Å². The van der Waals surface area contributed by atoms with Crippen LogP contribution in [0.15, 0.2) is 109 Å². The molecule has 0 saturated carbocycles. The first-order valence-electron chi connectivity index (χ1n) is 14.6. The molecule has 1 spiro atoms. The second-order valence-electron chi connectivity index (χ2n) is 11.3. The van der Waals surface area contributed by atoms with Crippen LogP contribution >= 0.6 is 0 Å². The van der Waals surface area contributed by atoms with Crippen molar-refractivity contribution < 1.29 is 29.0 Å². The zero-order valence-corrected chi connectivity index (χ0v) is 23.7. The Balaban J connectivity index is 1.54. The van der Waals surface area contributed by atoms with E-state index in [1.165, 1.54) is 0 Å². The first kappa shape index (κ1) is 27.8. The molecular formula is C35H31N3O6. The molecule has 3 heterocycles. The number of hydrogen-bond acceptors (Lipinski definition) is 7. The first-order valence-corrected chi connectivity index (χ1v) is 14.6. The van der Waals surface area contributed by atoms with E-state index in [1.54, 1.807) is 24.3 Å². The lowest BCUT2D eigenvalue weighted by Crippen LogP contribution is -2.53. The lowest BCUT2D eigenvalue weighted by Gasteiger charge is -2.46. The van der Waals surface area contributed by atoms with E-state index in [0.29, 0.717) is 22.6 Å². The number of ether oxygens (including phenoxy) is 2. The van der Waals surface area contributed by atoms with E-state index < -0.39 is 53.3 Å². The summed E-state index contributed by atoms with van der Waals surface area (Å²) in [5, 5.41) is 12.4. The number of rotatable bonds is 7. The Labute approximate surface area is 254 Å². The van der Waals surface area contributed by atoms with E-state index in [9.17, 15) is 19.5 Å². The number of primary amides is 1. The van der Waals surface area contributed by atoms with E-state index in [-0.39, 0.29) is 13.2 Å². The smallest absolute Gasteiger partial charge is 0.324 e. The largest absolute Gasteiger partial charge is 0.491 e. The number of hydrogen-bond donors (Lipinski definition) is 3. The summed E-state index contributed by atoms with van der Waals surface area (Å²) in [6.45, 7) is -0.0973. The summed E-state index contributed by atoms with van der Waals surface area (Å²) >= 11 is 0. The molecule has 0 radical (unpaired) electrons. The number of benzene rings is 4. The van der Waals surface area contributed by atoms with Crippen LogP contribution in [0, 0.1) is 5.92 Å². The van der Waals surface area contributed by atoms with Gasteiger partial charge in [-0.15, -0.1) is 0 Å². The van der Waals surface area contributed by atoms with Gasteiger partial charge in [-0.1, -0.05) is 91.0 Å². The highest BCUT2D eigenvalue weighted by atomic mass is 16.6. The number of para-hydroxylation sites is 1. The van der Waals surface area contributed by atoms with Crippen molar-refractivity contribution in [3.63, 3.8) is 0 Å². The molecule has 0 aliphatic carbocycles. The van der Waals surface area contributed by atoms with E-state index in [0.717, 1.165) is 11.1 Å². The normalized spacial score (nSPS) is 27.3. The Morgan fingerprint density at radius 2 is 1.52 bits per heavy atom. The summed E-state index contributed by atoms with van der Waals surface area (Å²) in [5.41, 5.74) is 8.07. The van der Waals surface area contributed by atoms with Crippen molar-refractivity contribution in [2.75, 3.05) is 18.5 Å². The van der Waals surface area contributed by atoms with Crippen molar-refractivity contribution in [2.45, 2.75) is 29.6 Å². The predicted molar refractivity (Wildman–Crippen MR) is 161 cm³/mol. The highest BCUT2D eigenvalue weighted by molar-refractivity contribution is 6.11. The zero-order chi connectivity index (χ0) is 30.4. The third-order valence-corrected chi connectivity index (χ3v) is 9.06. The molecule has 0 bridgehead atoms. The van der Waals surface area contributed by atoms with Gasteiger partial charge >= 0.3 is 5.97 Å². The molecule has 2 amide bonds. The highest BCUT2D eigenvalue weighted by Gasteiger charge is 2.73. The van der Waals surface area contributed by atoms with Crippen molar-refractivity contribution >= 4 is 23.5 Å². The number of anilines is 1. The number of aliphatic hydroxyl groups is 1. The molecule has 4 N–H and O–H groups in total. The third kappa shape index (κ3) is 4.11. The molecule has 0 aromatic heterocycles. The standard InChI is InChI=1S/C35H31N3O6/c36-32(40)27-29-33(41)44-30(22-12-5-2-6-13-22)28(21-10-3-1-4-11-21)38(29)31(23-14-9-15-24(20-23)43-19-18-39)35(27)25-16-7-8-17-26(25)37-34(35)42/h1-17,20,27-31,39H,18-19H2,(H2,36,40)(H,37,42). The molecule has 2 fully saturated rings. The van der Waals surface area contributed by atoms with Gasteiger partial charge in [0.15, 0.2) is 0 Å². The van der Waals surface area contributed by atoms with Crippen LogP contribution in [-0.4, -0.2) is 47.0 Å². The van der Waals surface area contributed by atoms with Crippen LogP contribution in [0.2, 0.25) is 0 Å². The Hall–Kier alpha value is -4.99. The first-order chi connectivity index (χ1) is 21.5. The van der Waals surface area contributed by atoms with Crippen molar-refractivity contribution in [3.8, 4) is 5.75 Å². The summed E-state index contributed by atoms with van der Waals surface area (Å²) in [7, 11) is 0. The van der Waals surface area contributed by atoms with Crippen LogP contribution < -0.4 is 15.8 Å². The molecule has 9 heteroatoms. The number of amides is 2. The van der Waals surface area contributed by atoms with Crippen molar-refractivity contribution in [1.82, 2.24) is 4.90 Å². The molecule has 4 aromatic carbocycles. The summed E-state index contributed by atoms with van der Waals surface area (Å²) in [5.74, 6) is -2.59. The van der Waals surface area contributed by atoms with Crippen molar-refractivity contribution in [2.24, 2.45) is 11.7 Å². The van der Waals surface area contributed by atoms with Crippen LogP contribution in [0.5, 0.6) is 5.75 Å². The van der Waals surface area contributed by atoms with Gasteiger partial charge in [0.25, 0.3) is 0 Å². The average Bonchev–Trinajstić information content (AvgIpc) is 3.53. The fraction of sp³-hybridized carbons (Fsp3) is 0.229. The molecule has 6 unspecified atom stereocenters. The van der Waals surface area contributed by atoms with Gasteiger partial charge in [0, 0.05) is 5.69 Å². The van der Waals surface area contributed by atoms with Crippen LogP contribution in [0.1, 0.15) is 40.4 Å². The summed E-state index contributed by atoms with van der Waals surface area (Å²) in [6.07, 6.45) is -0.748. The van der Waals surface area contributed by atoms with Gasteiger partial charge in [-0.3, -0.25) is 19.3 Å². The van der Waals surface area contributed by atoms with Crippen LogP contribution in [-0.2, 0) is 24.5 Å². The number of aliphatic hydroxyl groups excluding tert-OH is 1. The van der Waals surface area contributed by atoms with Gasteiger partial charge in [0.2, 0.25) is 11.8 Å². The minimum absolute atomic E-state index is 0.0773. The van der Waals surface area contributed by atoms with Gasteiger partial charge in [-0.25, -0.2) is 0 Å². The number of cyclic esters (lactones) is 1. The number of fused-ring (bicyclic) bond motifs is 3. The van der Waals surface area contributed by atoms with Crippen molar-refractivity contribution in [1.29, 1.82) is 0 Å². The van der Waals surface area contributed by atoms with E-state index in [4.69, 9.17) is 15.2 Å². The molecule has 6 atom stereocenters. The maximum atomic E-state index is 14.5. The topological polar surface area (TPSA) is 131 Å². The van der Waals surface area contributed by atoms with Gasteiger partial charge < -0.3 is 25.6 Å². The van der Waals surface area contributed by atoms with Gasteiger partial charge in [0.05, 0.1) is 24.6 Å². The van der Waals surface area contributed by atoms with Crippen LogP contribution in [0.25, 0.3) is 0 Å². The lowest BCUT2D eigenvalue weighted by atomic mass is 9.65. The summed E-state index contributed by atoms with van der Waals surface area (Å²) in [4.78, 5) is 44.4. The minimum Gasteiger partial charge on any atom is -0.491 e. The van der Waals surface area contributed by atoms with Gasteiger partial charge in [0.1, 0.15) is 29.9 Å². The SMILES string of the molecule is NC(=O)C1C2C(=O)OC(c3ccccc3)C(c3ccccc3)N2C(c2cccc(OCCO)c2)C12C(=O)Nc1ccccc12. The monoisotopic (exact) mass is 589 g/mol. The van der Waals surface area contributed by atoms with E-state index >= 15 is 0 Å². The fourth-order valence-corrected chi connectivity index (χ4v) is 7.52. The summed E-state index contributed by atoms with van der Waals surface area (Å²) in [6, 6.07) is 31.0. The summed E-state index contributed by atoms with van der Waals surface area (Å²) < 4.78 is 12.0. The van der Waals surface area contributed by atoms with Crippen LogP contribution in [0.3, 0.4) is 0 Å². The highest BCUT2D eigenvalue weighted by Crippen LogP contribution is 2.64. The Morgan fingerprint density at radius 3 is 2.23 bits per heavy atom. The average molecular weight is 590 g/mol. The maximum absolute atomic E-state index is 14.5. The molecule has 44 heavy (non-hydrogen) atoms. The second kappa shape index (κ2) is 10.9. The third-order valence-electron chi connectivity index (χ3n) is 9.06. The number of esters is 1. The Bertz CT molecular complexity index is 1730. The van der Waals surface area contributed by atoms with E-state index in [2.05, 4.69) is 5.32 Å². The molecule has 3 aliphatic rings. The number of morpholine rings is 1. The molecule has 9 nitrogen and oxygen atoms in total. The number of nitrogens with one attached hydrogen (secondary N) is 1. The molecule has 222 valence electrons. The quantitative estimate of drug-likeness (QED) is 0.280. The molecule has 2 saturated heterocycles. The predicted octanol–water partition coefficient (Wildman–Crippen LogP) is 3.81. The minimum atomic E-state index is -1.57.